The number of carbonyl (C=O) groups excluding carboxylic acids is 3. The lowest BCUT2D eigenvalue weighted by molar-refractivity contribution is -0.169. The van der Waals surface area contributed by atoms with Crippen LogP contribution in [-0.4, -0.2) is 39.2 Å². The monoisotopic (exact) mass is 422 g/mol. The van der Waals surface area contributed by atoms with E-state index in [0.29, 0.717) is 0 Å². The van der Waals surface area contributed by atoms with Crippen LogP contribution in [0, 0.1) is 5.41 Å². The van der Waals surface area contributed by atoms with E-state index in [1.54, 1.807) is 6.08 Å². The first kappa shape index (κ1) is 23.6. The third-order valence-corrected chi connectivity index (χ3v) is 4.97. The Morgan fingerprint density at radius 1 is 0.806 bits per heavy atom. The third-order valence-electron chi connectivity index (χ3n) is 4.97. The molecule has 0 unspecified atom stereocenters. The summed E-state index contributed by atoms with van der Waals surface area (Å²) in [6.07, 6.45) is 1.41. The second-order valence-corrected chi connectivity index (χ2v) is 6.89. The van der Waals surface area contributed by atoms with Gasteiger partial charge in [-0.25, -0.2) is 4.79 Å². The molecule has 0 saturated carbocycles. The lowest BCUT2D eigenvalue weighted by Gasteiger charge is -2.27. The summed E-state index contributed by atoms with van der Waals surface area (Å²) in [5.41, 5.74) is 0.812. The molecule has 6 nitrogen and oxygen atoms in total. The molecule has 2 aromatic carbocycles. The van der Waals surface area contributed by atoms with Gasteiger partial charge in [-0.15, -0.1) is 0 Å². The molecule has 2 rings (SSSR count). The summed E-state index contributed by atoms with van der Waals surface area (Å²) in [4.78, 5) is 37.6. The fourth-order valence-corrected chi connectivity index (χ4v) is 3.35. The van der Waals surface area contributed by atoms with Crippen molar-refractivity contribution < 1.29 is 28.6 Å². The summed E-state index contributed by atoms with van der Waals surface area (Å²) in [6.45, 7) is 3.68. The van der Waals surface area contributed by atoms with Gasteiger partial charge in [0.05, 0.1) is 21.3 Å². The van der Waals surface area contributed by atoms with E-state index in [-0.39, 0.29) is 18.4 Å². The molecule has 0 amide bonds. The third kappa shape index (κ3) is 5.48. The van der Waals surface area contributed by atoms with Crippen LogP contribution in [0.1, 0.15) is 24.0 Å². The van der Waals surface area contributed by atoms with E-state index in [0.717, 1.165) is 16.7 Å². The maximum atomic E-state index is 12.8. The normalized spacial score (nSPS) is 10.5. The summed E-state index contributed by atoms with van der Waals surface area (Å²) < 4.78 is 14.6. The molecule has 0 fully saturated rings. The Morgan fingerprint density at radius 3 is 1.65 bits per heavy atom. The average Bonchev–Trinajstić information content (AvgIpc) is 2.82. The molecular weight excluding hydrogens is 396 g/mol. The summed E-state index contributed by atoms with van der Waals surface area (Å²) in [6, 6.07) is 19.2. The molecule has 0 aliphatic rings. The van der Waals surface area contributed by atoms with Gasteiger partial charge in [-0.1, -0.05) is 73.3 Å². The number of allylic oxidation sites excluding steroid dienone is 1. The first-order chi connectivity index (χ1) is 14.9. The molecule has 0 N–H and O–H groups in total. The van der Waals surface area contributed by atoms with Crippen LogP contribution in [0.3, 0.4) is 0 Å². The summed E-state index contributed by atoms with van der Waals surface area (Å²) >= 11 is 0. The van der Waals surface area contributed by atoms with Crippen LogP contribution in [0.2, 0.25) is 0 Å². The maximum absolute atomic E-state index is 12.8. The Kier molecular flexibility index (Phi) is 8.32. The highest BCUT2D eigenvalue weighted by Gasteiger charge is 2.49. The second kappa shape index (κ2) is 10.9. The fraction of sp³-hybridized carbons (Fsp3) is 0.240. The van der Waals surface area contributed by atoms with E-state index >= 15 is 0 Å². The molecule has 31 heavy (non-hydrogen) atoms. The highest BCUT2D eigenvalue weighted by Crippen LogP contribution is 2.36. The molecule has 6 heteroatoms. The number of hydrogen-bond donors (Lipinski definition) is 0. The van der Waals surface area contributed by atoms with E-state index in [9.17, 15) is 14.4 Å². The minimum Gasteiger partial charge on any atom is -0.468 e. The lowest BCUT2D eigenvalue weighted by atomic mass is 9.77. The largest absolute Gasteiger partial charge is 0.468 e. The van der Waals surface area contributed by atoms with Gasteiger partial charge in [0.1, 0.15) is 0 Å². The van der Waals surface area contributed by atoms with Crippen molar-refractivity contribution >= 4 is 23.5 Å². The van der Waals surface area contributed by atoms with Crippen molar-refractivity contribution in [3.8, 4) is 0 Å². The molecule has 0 spiro atoms. The van der Waals surface area contributed by atoms with Gasteiger partial charge in [-0.3, -0.25) is 9.59 Å². The second-order valence-electron chi connectivity index (χ2n) is 6.89. The minimum atomic E-state index is -1.79. The van der Waals surface area contributed by atoms with Crippen molar-refractivity contribution in [2.75, 3.05) is 21.3 Å². The number of methoxy groups -OCH3 is 3. The SMILES string of the molecule is C=C(CC(CC=C(c1ccccc1)c1ccccc1)(C(=O)OC)C(=O)OC)C(=O)OC. The lowest BCUT2D eigenvalue weighted by Crippen LogP contribution is -2.42. The standard InChI is InChI=1S/C25H26O6/c1-18(22(26)29-2)17-25(23(27)30-3,24(28)31-4)16-15-21(19-11-7-5-8-12-19)20-13-9-6-10-14-20/h5-15H,1,16-17H2,2-4H3. The van der Waals surface area contributed by atoms with Gasteiger partial charge in [-0.2, -0.15) is 0 Å². The van der Waals surface area contributed by atoms with Crippen LogP contribution in [0.4, 0.5) is 0 Å². The minimum absolute atomic E-state index is 0.0346. The van der Waals surface area contributed by atoms with Gasteiger partial charge < -0.3 is 14.2 Å². The smallest absolute Gasteiger partial charge is 0.333 e. The quantitative estimate of drug-likeness (QED) is 0.263. The molecule has 2 aromatic rings. The Labute approximate surface area is 182 Å². The maximum Gasteiger partial charge on any atom is 0.333 e. The van der Waals surface area contributed by atoms with E-state index in [2.05, 4.69) is 6.58 Å². The Bertz CT molecular complexity index is 903. The van der Waals surface area contributed by atoms with Crippen LogP contribution >= 0.6 is 0 Å². The van der Waals surface area contributed by atoms with Gasteiger partial charge in [0.15, 0.2) is 5.41 Å². The van der Waals surface area contributed by atoms with E-state index in [1.165, 1.54) is 21.3 Å². The van der Waals surface area contributed by atoms with Crippen LogP contribution in [0.15, 0.2) is 78.9 Å². The molecular formula is C25H26O6. The van der Waals surface area contributed by atoms with Gasteiger partial charge in [0.25, 0.3) is 0 Å². The van der Waals surface area contributed by atoms with Crippen molar-refractivity contribution in [3.05, 3.63) is 90.0 Å². The zero-order chi connectivity index (χ0) is 22.9. The van der Waals surface area contributed by atoms with Crippen LogP contribution in [0.25, 0.3) is 5.57 Å². The molecule has 0 radical (unpaired) electrons. The summed E-state index contributed by atoms with van der Waals surface area (Å²) in [7, 11) is 3.56. The fourth-order valence-electron chi connectivity index (χ4n) is 3.35. The molecule has 0 aromatic heterocycles. The average molecular weight is 422 g/mol. The molecule has 0 atom stereocenters. The van der Waals surface area contributed by atoms with Crippen LogP contribution in [-0.2, 0) is 28.6 Å². The Balaban J connectivity index is 2.60. The van der Waals surface area contributed by atoms with Gasteiger partial charge in [-0.05, 0) is 23.1 Å². The van der Waals surface area contributed by atoms with E-state index < -0.39 is 23.3 Å². The zero-order valence-electron chi connectivity index (χ0n) is 17.9. The zero-order valence-corrected chi connectivity index (χ0v) is 17.9. The van der Waals surface area contributed by atoms with Crippen molar-refractivity contribution in [2.24, 2.45) is 5.41 Å². The van der Waals surface area contributed by atoms with Crippen molar-refractivity contribution in [1.29, 1.82) is 0 Å². The molecule has 0 saturated heterocycles. The Hall–Kier alpha value is -3.67. The number of esters is 3. The van der Waals surface area contributed by atoms with Crippen molar-refractivity contribution in [1.82, 2.24) is 0 Å². The molecule has 162 valence electrons. The van der Waals surface area contributed by atoms with Crippen molar-refractivity contribution in [2.45, 2.75) is 12.8 Å². The molecule has 0 heterocycles. The topological polar surface area (TPSA) is 78.9 Å². The van der Waals surface area contributed by atoms with Gasteiger partial charge >= 0.3 is 17.9 Å². The predicted octanol–water partition coefficient (Wildman–Crippen LogP) is 3.96. The van der Waals surface area contributed by atoms with Gasteiger partial charge in [0.2, 0.25) is 0 Å². The van der Waals surface area contributed by atoms with Gasteiger partial charge in [0, 0.05) is 12.0 Å². The predicted molar refractivity (Wildman–Crippen MR) is 117 cm³/mol. The van der Waals surface area contributed by atoms with Crippen LogP contribution < -0.4 is 0 Å². The molecule has 0 aliphatic heterocycles. The number of hydrogen-bond acceptors (Lipinski definition) is 6. The van der Waals surface area contributed by atoms with E-state index in [1.807, 2.05) is 60.7 Å². The first-order valence-electron chi connectivity index (χ1n) is 9.63. The highest BCUT2D eigenvalue weighted by atomic mass is 16.5. The first-order valence-corrected chi connectivity index (χ1v) is 9.63. The Morgan fingerprint density at radius 2 is 1.26 bits per heavy atom. The number of ether oxygens (including phenoxy) is 3. The van der Waals surface area contributed by atoms with Crippen LogP contribution in [0.5, 0.6) is 0 Å². The van der Waals surface area contributed by atoms with Crippen molar-refractivity contribution in [3.63, 3.8) is 0 Å². The number of benzene rings is 2. The highest BCUT2D eigenvalue weighted by molar-refractivity contribution is 6.02. The summed E-state index contributed by atoms with van der Waals surface area (Å²) in [5.74, 6) is -2.35. The molecule has 0 aliphatic carbocycles. The summed E-state index contributed by atoms with van der Waals surface area (Å²) in [5, 5.41) is 0. The molecule has 0 bridgehead atoms. The number of rotatable bonds is 9. The number of carbonyl (C=O) groups is 3. The van der Waals surface area contributed by atoms with E-state index in [4.69, 9.17) is 14.2 Å².